The van der Waals surface area contributed by atoms with E-state index in [9.17, 15) is 9.59 Å². The number of rotatable bonds is 7. The van der Waals surface area contributed by atoms with Crippen molar-refractivity contribution in [2.45, 2.75) is 39.0 Å². The van der Waals surface area contributed by atoms with Crippen molar-refractivity contribution in [3.63, 3.8) is 0 Å². The third-order valence-corrected chi connectivity index (χ3v) is 7.16. The van der Waals surface area contributed by atoms with Crippen LogP contribution in [0.4, 0.5) is 5.13 Å². The Morgan fingerprint density at radius 2 is 2.06 bits per heavy atom. The molecule has 4 rings (SSSR count). The molecule has 31 heavy (non-hydrogen) atoms. The first-order valence-corrected chi connectivity index (χ1v) is 11.6. The van der Waals surface area contributed by atoms with Gasteiger partial charge in [0, 0.05) is 24.4 Å². The molecule has 0 unspecified atom stereocenters. The van der Waals surface area contributed by atoms with Crippen LogP contribution in [0.2, 0.25) is 0 Å². The molecule has 8 heteroatoms. The Balaban J connectivity index is 1.32. The van der Waals surface area contributed by atoms with Crippen molar-refractivity contribution in [1.29, 1.82) is 0 Å². The van der Waals surface area contributed by atoms with Gasteiger partial charge in [-0.25, -0.2) is 4.98 Å². The van der Waals surface area contributed by atoms with Crippen LogP contribution in [0.15, 0.2) is 18.2 Å². The second-order valence-electron chi connectivity index (χ2n) is 8.41. The average Bonchev–Trinajstić information content (AvgIpc) is 3.34. The lowest BCUT2D eigenvalue weighted by molar-refractivity contribution is -0.128. The molecule has 7 nitrogen and oxygen atoms in total. The summed E-state index contributed by atoms with van der Waals surface area (Å²) in [6.45, 7) is 3.27. The molecule has 0 radical (unpaired) electrons. The normalized spacial score (nSPS) is 20.5. The van der Waals surface area contributed by atoms with Gasteiger partial charge < -0.3 is 19.7 Å². The summed E-state index contributed by atoms with van der Waals surface area (Å²) in [4.78, 5) is 32.9. The number of amides is 2. The van der Waals surface area contributed by atoms with E-state index < -0.39 is 0 Å². The fraction of sp³-hybridized carbons (Fsp3) is 0.522. The van der Waals surface area contributed by atoms with Gasteiger partial charge in [-0.2, -0.15) is 0 Å². The minimum atomic E-state index is -0.335. The standard InChI is InChI=1S/C23H29N3O4S/c1-14-4-6-17-20(10-14)31-23(24-17)25-22(28)16-12-21(27)26(13-16)9-8-15-5-7-18(29-2)19(11-15)30-3/h5,7,11,14,16H,4,6,8-10,12-13H2,1-3H3,(H,24,25,28)/t14-,16+/m1/s1. The molecule has 0 bridgehead atoms. The molecule has 1 saturated heterocycles. The number of likely N-dealkylation sites (tertiary alicyclic amines) is 1. The van der Waals surface area contributed by atoms with E-state index in [1.54, 1.807) is 30.5 Å². The number of carbonyl (C=O) groups is 2. The minimum absolute atomic E-state index is 0.0212. The third-order valence-electron chi connectivity index (χ3n) is 6.12. The number of hydrogen-bond donors (Lipinski definition) is 1. The van der Waals surface area contributed by atoms with Crippen molar-refractivity contribution in [2.24, 2.45) is 11.8 Å². The Bertz CT molecular complexity index is 974. The second kappa shape index (κ2) is 9.26. The van der Waals surface area contributed by atoms with E-state index >= 15 is 0 Å². The zero-order valence-electron chi connectivity index (χ0n) is 18.3. The van der Waals surface area contributed by atoms with Crippen LogP contribution in [0, 0.1) is 11.8 Å². The number of anilines is 1. The van der Waals surface area contributed by atoms with Gasteiger partial charge in [0.2, 0.25) is 11.8 Å². The van der Waals surface area contributed by atoms with E-state index in [2.05, 4.69) is 17.2 Å². The van der Waals surface area contributed by atoms with Crippen LogP contribution in [-0.4, -0.2) is 49.0 Å². The Kier molecular flexibility index (Phi) is 6.46. The van der Waals surface area contributed by atoms with Gasteiger partial charge in [-0.15, -0.1) is 11.3 Å². The van der Waals surface area contributed by atoms with E-state index in [-0.39, 0.29) is 24.2 Å². The van der Waals surface area contributed by atoms with Crippen molar-refractivity contribution in [3.05, 3.63) is 34.3 Å². The summed E-state index contributed by atoms with van der Waals surface area (Å²) in [6, 6.07) is 5.76. The summed E-state index contributed by atoms with van der Waals surface area (Å²) < 4.78 is 10.6. The maximum Gasteiger partial charge on any atom is 0.231 e. The summed E-state index contributed by atoms with van der Waals surface area (Å²) >= 11 is 1.58. The lowest BCUT2D eigenvalue weighted by Crippen LogP contribution is -2.30. The Labute approximate surface area is 186 Å². The number of ether oxygens (including phenoxy) is 2. The predicted octanol–water partition coefficient (Wildman–Crippen LogP) is 3.31. The molecule has 1 aromatic carbocycles. The number of nitrogens with one attached hydrogen (secondary N) is 1. The minimum Gasteiger partial charge on any atom is -0.493 e. The number of aromatic nitrogens is 1. The molecule has 1 aliphatic carbocycles. The topological polar surface area (TPSA) is 80.8 Å². The van der Waals surface area contributed by atoms with Crippen LogP contribution in [-0.2, 0) is 28.9 Å². The molecule has 1 fully saturated rings. The highest BCUT2D eigenvalue weighted by molar-refractivity contribution is 7.15. The summed E-state index contributed by atoms with van der Waals surface area (Å²) in [5.74, 6) is 1.60. The zero-order chi connectivity index (χ0) is 22.0. The van der Waals surface area contributed by atoms with Gasteiger partial charge in [-0.05, 0) is 49.3 Å². The zero-order valence-corrected chi connectivity index (χ0v) is 19.1. The quantitative estimate of drug-likeness (QED) is 0.710. The van der Waals surface area contributed by atoms with Crippen LogP contribution in [0.3, 0.4) is 0 Å². The van der Waals surface area contributed by atoms with Crippen LogP contribution in [0.5, 0.6) is 11.5 Å². The third kappa shape index (κ3) is 4.84. The highest BCUT2D eigenvalue weighted by atomic mass is 32.1. The van der Waals surface area contributed by atoms with Gasteiger partial charge in [0.25, 0.3) is 0 Å². The van der Waals surface area contributed by atoms with Crippen molar-refractivity contribution < 1.29 is 19.1 Å². The van der Waals surface area contributed by atoms with Gasteiger partial charge in [0.05, 0.1) is 25.8 Å². The number of aryl methyl sites for hydroxylation is 1. The van der Waals surface area contributed by atoms with Crippen molar-refractivity contribution in [2.75, 3.05) is 32.6 Å². The molecule has 1 aliphatic heterocycles. The maximum atomic E-state index is 12.8. The maximum absolute atomic E-state index is 12.8. The Hall–Kier alpha value is -2.61. The molecule has 2 aromatic rings. The van der Waals surface area contributed by atoms with Crippen LogP contribution < -0.4 is 14.8 Å². The monoisotopic (exact) mass is 443 g/mol. The van der Waals surface area contributed by atoms with Gasteiger partial charge in [0.15, 0.2) is 16.6 Å². The van der Waals surface area contributed by atoms with Crippen LogP contribution >= 0.6 is 11.3 Å². The first-order valence-electron chi connectivity index (χ1n) is 10.7. The molecule has 2 heterocycles. The van der Waals surface area contributed by atoms with Crippen LogP contribution in [0.25, 0.3) is 0 Å². The predicted molar refractivity (Wildman–Crippen MR) is 120 cm³/mol. The smallest absolute Gasteiger partial charge is 0.231 e. The van der Waals surface area contributed by atoms with Crippen molar-refractivity contribution in [3.8, 4) is 11.5 Å². The van der Waals surface area contributed by atoms with Gasteiger partial charge in [-0.1, -0.05) is 13.0 Å². The molecule has 2 atom stereocenters. The molecule has 2 amide bonds. The largest absolute Gasteiger partial charge is 0.493 e. The number of carbonyl (C=O) groups excluding carboxylic acids is 2. The molecule has 1 N–H and O–H groups in total. The first-order chi connectivity index (χ1) is 15.0. The van der Waals surface area contributed by atoms with Gasteiger partial charge >= 0.3 is 0 Å². The number of fused-ring (bicyclic) bond motifs is 1. The van der Waals surface area contributed by atoms with Gasteiger partial charge in [-0.3, -0.25) is 9.59 Å². The van der Waals surface area contributed by atoms with Gasteiger partial charge in [0.1, 0.15) is 0 Å². The number of hydrogen-bond acceptors (Lipinski definition) is 6. The fourth-order valence-electron chi connectivity index (χ4n) is 4.26. The fourth-order valence-corrected chi connectivity index (χ4v) is 5.44. The highest BCUT2D eigenvalue weighted by Gasteiger charge is 2.34. The Morgan fingerprint density at radius 1 is 1.26 bits per heavy atom. The number of nitrogens with zero attached hydrogens (tertiary/aromatic N) is 2. The summed E-state index contributed by atoms with van der Waals surface area (Å²) in [5, 5.41) is 3.62. The van der Waals surface area contributed by atoms with E-state index in [1.165, 1.54) is 4.88 Å². The highest BCUT2D eigenvalue weighted by Crippen LogP contribution is 2.33. The Morgan fingerprint density at radius 3 is 2.84 bits per heavy atom. The summed E-state index contributed by atoms with van der Waals surface area (Å²) in [6.07, 6.45) is 4.11. The molecular formula is C23H29N3O4S. The average molecular weight is 444 g/mol. The lowest BCUT2D eigenvalue weighted by atomic mass is 9.93. The molecule has 0 spiro atoms. The molecule has 166 valence electrons. The van der Waals surface area contributed by atoms with E-state index in [4.69, 9.17) is 9.47 Å². The molecular weight excluding hydrogens is 414 g/mol. The lowest BCUT2D eigenvalue weighted by Gasteiger charge is -2.17. The first kappa shape index (κ1) is 21.6. The summed E-state index contributed by atoms with van der Waals surface area (Å²) in [7, 11) is 3.21. The molecule has 1 aromatic heterocycles. The number of benzene rings is 1. The van der Waals surface area contributed by atoms with E-state index in [1.807, 2.05) is 18.2 Å². The molecule has 0 saturated carbocycles. The van der Waals surface area contributed by atoms with E-state index in [0.717, 1.165) is 30.5 Å². The van der Waals surface area contributed by atoms with Crippen molar-refractivity contribution in [1.82, 2.24) is 9.88 Å². The SMILES string of the molecule is COc1ccc(CCN2C[C@@H](C(=O)Nc3nc4c(s3)C[C@H](C)CC4)CC2=O)cc1OC. The summed E-state index contributed by atoms with van der Waals surface area (Å²) in [5.41, 5.74) is 2.18. The van der Waals surface area contributed by atoms with E-state index in [0.29, 0.717) is 42.1 Å². The number of methoxy groups -OCH3 is 2. The van der Waals surface area contributed by atoms with Crippen LogP contribution in [0.1, 0.15) is 35.9 Å². The van der Waals surface area contributed by atoms with Crippen molar-refractivity contribution >= 4 is 28.3 Å². The molecule has 2 aliphatic rings. The second-order valence-corrected chi connectivity index (χ2v) is 9.49. The number of thiazole rings is 1.